The Bertz CT molecular complexity index is 634. The molecule has 22 heavy (non-hydrogen) atoms. The maximum absolute atomic E-state index is 12.4. The van der Waals surface area contributed by atoms with Crippen molar-refractivity contribution in [3.8, 4) is 10.6 Å². The quantitative estimate of drug-likeness (QED) is 0.872. The molecule has 1 aliphatic rings. The van der Waals surface area contributed by atoms with Gasteiger partial charge in [0, 0.05) is 36.4 Å². The summed E-state index contributed by atoms with van der Waals surface area (Å²) < 4.78 is 5.67. The predicted molar refractivity (Wildman–Crippen MR) is 85.6 cm³/mol. The van der Waals surface area contributed by atoms with Gasteiger partial charge < -0.3 is 9.64 Å². The molecule has 1 aliphatic heterocycles. The van der Waals surface area contributed by atoms with Gasteiger partial charge in [0.05, 0.1) is 24.3 Å². The first-order chi connectivity index (χ1) is 10.6. The first-order valence-electron chi connectivity index (χ1n) is 7.40. The summed E-state index contributed by atoms with van der Waals surface area (Å²) in [6.45, 7) is 5.32. The molecule has 0 spiro atoms. The van der Waals surface area contributed by atoms with Gasteiger partial charge in [-0.1, -0.05) is 0 Å². The first-order valence-corrected chi connectivity index (χ1v) is 8.28. The lowest BCUT2D eigenvalue weighted by molar-refractivity contribution is -0.142. The minimum absolute atomic E-state index is 0.0931. The summed E-state index contributed by atoms with van der Waals surface area (Å²) in [7, 11) is 0. The smallest absolute Gasteiger partial charge is 0.228 e. The van der Waals surface area contributed by atoms with Crippen molar-refractivity contribution in [3.63, 3.8) is 0 Å². The molecule has 6 heteroatoms. The average Bonchev–Trinajstić information content (AvgIpc) is 2.95. The van der Waals surface area contributed by atoms with Crippen LogP contribution in [-0.2, 0) is 16.0 Å². The van der Waals surface area contributed by atoms with E-state index in [1.54, 1.807) is 23.7 Å². The Balaban J connectivity index is 1.66. The highest BCUT2D eigenvalue weighted by Crippen LogP contribution is 2.23. The lowest BCUT2D eigenvalue weighted by Gasteiger charge is -2.35. The summed E-state index contributed by atoms with van der Waals surface area (Å²) in [5.41, 5.74) is 1.86. The molecule has 3 rings (SSSR count). The third-order valence-electron chi connectivity index (χ3n) is 3.58. The van der Waals surface area contributed by atoms with E-state index in [2.05, 4.69) is 9.97 Å². The van der Waals surface area contributed by atoms with Gasteiger partial charge in [0.1, 0.15) is 5.01 Å². The monoisotopic (exact) mass is 317 g/mol. The van der Waals surface area contributed by atoms with Crippen LogP contribution in [0.25, 0.3) is 10.6 Å². The molecule has 2 unspecified atom stereocenters. The van der Waals surface area contributed by atoms with Crippen LogP contribution in [0.2, 0.25) is 0 Å². The summed E-state index contributed by atoms with van der Waals surface area (Å²) in [6.07, 6.45) is 4.03. The molecular weight excluding hydrogens is 298 g/mol. The van der Waals surface area contributed by atoms with Crippen LogP contribution in [-0.4, -0.2) is 46.1 Å². The fourth-order valence-electron chi connectivity index (χ4n) is 2.66. The van der Waals surface area contributed by atoms with E-state index in [0.717, 1.165) is 16.3 Å². The van der Waals surface area contributed by atoms with Gasteiger partial charge in [-0.05, 0) is 26.0 Å². The number of pyridine rings is 1. The van der Waals surface area contributed by atoms with Crippen molar-refractivity contribution >= 4 is 17.2 Å². The topological polar surface area (TPSA) is 55.3 Å². The number of ether oxygens (including phenoxy) is 1. The van der Waals surface area contributed by atoms with Gasteiger partial charge >= 0.3 is 0 Å². The van der Waals surface area contributed by atoms with Crippen LogP contribution in [0.1, 0.15) is 19.5 Å². The Labute approximate surface area is 134 Å². The standard InChI is InChI=1S/C16H19N3O2S/c1-11-8-19(9-12(2)21-11)15(20)7-14-10-22-16(18-14)13-3-5-17-6-4-13/h3-6,10-12H,7-9H2,1-2H3. The van der Waals surface area contributed by atoms with E-state index in [4.69, 9.17) is 4.74 Å². The molecule has 1 saturated heterocycles. The summed E-state index contributed by atoms with van der Waals surface area (Å²) in [5, 5.41) is 2.88. The molecule has 0 aromatic carbocycles. The Kier molecular flexibility index (Phi) is 4.49. The largest absolute Gasteiger partial charge is 0.372 e. The predicted octanol–water partition coefficient (Wildman–Crippen LogP) is 2.38. The van der Waals surface area contributed by atoms with Gasteiger partial charge in [-0.25, -0.2) is 4.98 Å². The highest BCUT2D eigenvalue weighted by Gasteiger charge is 2.26. The number of thiazole rings is 1. The Morgan fingerprint density at radius 2 is 2.00 bits per heavy atom. The Hall–Kier alpha value is -1.79. The number of aromatic nitrogens is 2. The fourth-order valence-corrected chi connectivity index (χ4v) is 3.49. The molecule has 116 valence electrons. The minimum Gasteiger partial charge on any atom is -0.372 e. The molecule has 1 fully saturated rings. The highest BCUT2D eigenvalue weighted by molar-refractivity contribution is 7.13. The first kappa shape index (κ1) is 15.1. The number of carbonyl (C=O) groups is 1. The van der Waals surface area contributed by atoms with Crippen LogP contribution in [0.4, 0.5) is 0 Å². The molecule has 0 radical (unpaired) electrons. The lowest BCUT2D eigenvalue weighted by Crippen LogP contribution is -2.48. The van der Waals surface area contributed by atoms with E-state index in [0.29, 0.717) is 19.5 Å². The molecule has 2 aromatic rings. The number of nitrogens with zero attached hydrogens (tertiary/aromatic N) is 3. The zero-order valence-electron chi connectivity index (χ0n) is 12.7. The molecule has 0 N–H and O–H groups in total. The molecular formula is C16H19N3O2S. The normalized spacial score (nSPS) is 21.8. The van der Waals surface area contributed by atoms with Gasteiger partial charge in [0.25, 0.3) is 0 Å². The maximum Gasteiger partial charge on any atom is 0.228 e. The number of amides is 1. The molecule has 2 aromatic heterocycles. The van der Waals surface area contributed by atoms with Gasteiger partial charge in [-0.3, -0.25) is 9.78 Å². The van der Waals surface area contributed by atoms with Crippen LogP contribution in [0.15, 0.2) is 29.9 Å². The number of rotatable bonds is 3. The zero-order valence-corrected chi connectivity index (χ0v) is 13.5. The number of carbonyl (C=O) groups excluding carboxylic acids is 1. The molecule has 1 amide bonds. The van der Waals surface area contributed by atoms with Crippen LogP contribution in [0.5, 0.6) is 0 Å². The van der Waals surface area contributed by atoms with E-state index in [1.165, 1.54) is 0 Å². The number of hydrogen-bond donors (Lipinski definition) is 0. The highest BCUT2D eigenvalue weighted by atomic mass is 32.1. The van der Waals surface area contributed by atoms with Crippen LogP contribution < -0.4 is 0 Å². The summed E-state index contributed by atoms with van der Waals surface area (Å²) >= 11 is 1.56. The number of hydrogen-bond acceptors (Lipinski definition) is 5. The summed E-state index contributed by atoms with van der Waals surface area (Å²) in [5.74, 6) is 0.119. The van der Waals surface area contributed by atoms with Crippen molar-refractivity contribution in [2.24, 2.45) is 0 Å². The van der Waals surface area contributed by atoms with Gasteiger partial charge in [0.15, 0.2) is 0 Å². The van der Waals surface area contributed by atoms with Crippen molar-refractivity contribution in [2.45, 2.75) is 32.5 Å². The van der Waals surface area contributed by atoms with Crippen LogP contribution >= 0.6 is 11.3 Å². The van der Waals surface area contributed by atoms with E-state index < -0.39 is 0 Å². The zero-order chi connectivity index (χ0) is 15.5. The van der Waals surface area contributed by atoms with Gasteiger partial charge in [-0.2, -0.15) is 0 Å². The van der Waals surface area contributed by atoms with Crippen LogP contribution in [0, 0.1) is 0 Å². The summed E-state index contributed by atoms with van der Waals surface area (Å²) in [6, 6.07) is 3.85. The van der Waals surface area contributed by atoms with Crippen molar-refractivity contribution in [3.05, 3.63) is 35.6 Å². The molecule has 5 nitrogen and oxygen atoms in total. The van der Waals surface area contributed by atoms with Crippen molar-refractivity contribution in [2.75, 3.05) is 13.1 Å². The Morgan fingerprint density at radius 3 is 2.68 bits per heavy atom. The Morgan fingerprint density at radius 1 is 1.32 bits per heavy atom. The molecule has 2 atom stereocenters. The van der Waals surface area contributed by atoms with Gasteiger partial charge in [-0.15, -0.1) is 11.3 Å². The molecule has 3 heterocycles. The SMILES string of the molecule is CC1CN(C(=O)Cc2csc(-c3ccncc3)n2)CC(C)O1. The molecule has 0 saturated carbocycles. The lowest BCUT2D eigenvalue weighted by atomic mass is 10.2. The number of morpholine rings is 1. The second-order valence-corrected chi connectivity index (χ2v) is 6.47. The minimum atomic E-state index is 0.0931. The molecule has 0 aliphatic carbocycles. The summed E-state index contributed by atoms with van der Waals surface area (Å²) in [4.78, 5) is 22.9. The van der Waals surface area contributed by atoms with Gasteiger partial charge in [0.2, 0.25) is 5.91 Å². The van der Waals surface area contributed by atoms with E-state index in [-0.39, 0.29) is 18.1 Å². The second-order valence-electron chi connectivity index (χ2n) is 5.61. The average molecular weight is 317 g/mol. The van der Waals surface area contributed by atoms with Crippen LogP contribution in [0.3, 0.4) is 0 Å². The van der Waals surface area contributed by atoms with Crippen molar-refractivity contribution < 1.29 is 9.53 Å². The van der Waals surface area contributed by atoms with E-state index >= 15 is 0 Å². The van der Waals surface area contributed by atoms with Crippen molar-refractivity contribution in [1.82, 2.24) is 14.9 Å². The molecule has 0 bridgehead atoms. The third kappa shape index (κ3) is 3.51. The maximum atomic E-state index is 12.4. The second kappa shape index (κ2) is 6.54. The fraction of sp³-hybridized carbons (Fsp3) is 0.438. The van der Waals surface area contributed by atoms with Crippen molar-refractivity contribution in [1.29, 1.82) is 0 Å². The van der Waals surface area contributed by atoms with E-state index in [1.807, 2.05) is 36.3 Å². The van der Waals surface area contributed by atoms with E-state index in [9.17, 15) is 4.79 Å². The third-order valence-corrected chi connectivity index (χ3v) is 4.52.